The molecule has 0 fully saturated rings. The lowest BCUT2D eigenvalue weighted by atomic mass is 10.3. The maximum atomic E-state index is 11.8. The van der Waals surface area contributed by atoms with Gasteiger partial charge in [-0.3, -0.25) is 5.10 Å². The molecule has 0 spiro atoms. The van der Waals surface area contributed by atoms with Crippen molar-refractivity contribution in [1.29, 1.82) is 0 Å². The van der Waals surface area contributed by atoms with Gasteiger partial charge in [-0.15, -0.1) is 0 Å². The van der Waals surface area contributed by atoms with E-state index in [-0.39, 0.29) is 5.75 Å². The topological polar surface area (TPSA) is 87.7 Å². The van der Waals surface area contributed by atoms with E-state index in [0.29, 0.717) is 17.9 Å². The zero-order chi connectivity index (χ0) is 13.7. The minimum atomic E-state index is -3.14. The van der Waals surface area contributed by atoms with Crippen LogP contribution in [0.25, 0.3) is 0 Å². The predicted molar refractivity (Wildman–Crippen MR) is 72.5 cm³/mol. The number of aromatic amines is 1. The molecule has 1 aromatic carbocycles. The maximum Gasteiger partial charge on any atom is 0.178 e. The summed E-state index contributed by atoms with van der Waals surface area (Å²) in [4.78, 5) is 4.35. The lowest BCUT2D eigenvalue weighted by Gasteiger charge is -2.06. The van der Waals surface area contributed by atoms with Crippen LogP contribution in [0.3, 0.4) is 0 Å². The largest absolute Gasteiger partial charge is 0.378 e. The minimum Gasteiger partial charge on any atom is -0.378 e. The maximum absolute atomic E-state index is 11.8. The van der Waals surface area contributed by atoms with Crippen LogP contribution in [0.1, 0.15) is 19.2 Å². The summed E-state index contributed by atoms with van der Waals surface area (Å²) in [6.45, 7) is 2.37. The van der Waals surface area contributed by atoms with Gasteiger partial charge in [-0.05, 0) is 30.7 Å². The third-order valence-electron chi connectivity index (χ3n) is 2.61. The second-order valence-electron chi connectivity index (χ2n) is 4.13. The zero-order valence-corrected chi connectivity index (χ0v) is 11.4. The zero-order valence-electron chi connectivity index (χ0n) is 10.6. The Labute approximate surface area is 112 Å². The van der Waals surface area contributed by atoms with E-state index in [1.54, 1.807) is 24.3 Å². The van der Waals surface area contributed by atoms with Crippen molar-refractivity contribution in [1.82, 2.24) is 15.2 Å². The minimum absolute atomic E-state index is 0.178. The van der Waals surface area contributed by atoms with Gasteiger partial charge in [0.2, 0.25) is 0 Å². The van der Waals surface area contributed by atoms with Crippen LogP contribution in [-0.4, -0.2) is 29.4 Å². The van der Waals surface area contributed by atoms with Crippen molar-refractivity contribution < 1.29 is 8.42 Å². The van der Waals surface area contributed by atoms with E-state index < -0.39 is 9.84 Å². The van der Waals surface area contributed by atoms with Crippen LogP contribution in [0.5, 0.6) is 0 Å². The molecule has 0 aliphatic rings. The summed E-state index contributed by atoms with van der Waals surface area (Å²) < 4.78 is 23.7. The number of aromatic nitrogens is 3. The SMILES string of the molecule is CCCS(=O)(=O)c1ccc(NCc2ncn[nH]2)cc1. The molecule has 0 amide bonds. The fourth-order valence-corrected chi connectivity index (χ4v) is 2.99. The van der Waals surface area contributed by atoms with E-state index in [1.165, 1.54) is 6.33 Å². The molecule has 2 N–H and O–H groups in total. The van der Waals surface area contributed by atoms with Crippen molar-refractivity contribution in [3.05, 3.63) is 36.4 Å². The van der Waals surface area contributed by atoms with Crippen LogP contribution < -0.4 is 5.32 Å². The highest BCUT2D eigenvalue weighted by Crippen LogP contribution is 2.16. The van der Waals surface area contributed by atoms with Gasteiger partial charge in [0.25, 0.3) is 0 Å². The average Bonchev–Trinajstić information content (AvgIpc) is 2.90. The van der Waals surface area contributed by atoms with Crippen molar-refractivity contribution >= 4 is 15.5 Å². The van der Waals surface area contributed by atoms with Crippen LogP contribution in [0, 0.1) is 0 Å². The Morgan fingerprint density at radius 3 is 2.58 bits per heavy atom. The van der Waals surface area contributed by atoms with Gasteiger partial charge in [-0.25, -0.2) is 13.4 Å². The third kappa shape index (κ3) is 3.54. The molecule has 2 aromatic rings. The van der Waals surface area contributed by atoms with E-state index in [4.69, 9.17) is 0 Å². The molecule has 1 heterocycles. The summed E-state index contributed by atoms with van der Waals surface area (Å²) in [6.07, 6.45) is 2.06. The standard InChI is InChI=1S/C12H16N4O2S/c1-2-7-19(17,18)11-5-3-10(4-6-11)13-8-12-14-9-15-16-12/h3-6,9,13H,2,7-8H2,1H3,(H,14,15,16). The van der Waals surface area contributed by atoms with Crippen molar-refractivity contribution in [2.45, 2.75) is 24.8 Å². The molecule has 0 atom stereocenters. The highest BCUT2D eigenvalue weighted by Gasteiger charge is 2.12. The first-order chi connectivity index (χ1) is 9.12. The Bertz CT molecular complexity index is 606. The quantitative estimate of drug-likeness (QED) is 0.839. The van der Waals surface area contributed by atoms with Gasteiger partial charge in [0.15, 0.2) is 9.84 Å². The molecule has 102 valence electrons. The number of nitrogens with zero attached hydrogens (tertiary/aromatic N) is 2. The van der Waals surface area contributed by atoms with Gasteiger partial charge in [-0.2, -0.15) is 5.10 Å². The molecule has 0 bridgehead atoms. The fourth-order valence-electron chi connectivity index (χ4n) is 1.67. The Hall–Kier alpha value is -1.89. The van der Waals surface area contributed by atoms with Crippen LogP contribution in [-0.2, 0) is 16.4 Å². The number of nitrogens with one attached hydrogen (secondary N) is 2. The molecule has 0 radical (unpaired) electrons. The first-order valence-corrected chi connectivity index (χ1v) is 7.68. The number of H-pyrrole nitrogens is 1. The summed E-state index contributed by atoms with van der Waals surface area (Å²) >= 11 is 0. The van der Waals surface area contributed by atoms with Gasteiger partial charge in [0.1, 0.15) is 12.2 Å². The Morgan fingerprint density at radius 1 is 1.26 bits per heavy atom. The fraction of sp³-hybridized carbons (Fsp3) is 0.333. The number of rotatable bonds is 6. The lowest BCUT2D eigenvalue weighted by Crippen LogP contribution is -2.06. The number of anilines is 1. The van der Waals surface area contributed by atoms with Crippen molar-refractivity contribution in [2.24, 2.45) is 0 Å². The average molecular weight is 280 g/mol. The number of hydrogen-bond donors (Lipinski definition) is 2. The van der Waals surface area contributed by atoms with Crippen LogP contribution in [0.2, 0.25) is 0 Å². The molecule has 0 aliphatic carbocycles. The monoisotopic (exact) mass is 280 g/mol. The van der Waals surface area contributed by atoms with E-state index in [2.05, 4.69) is 20.5 Å². The number of hydrogen-bond acceptors (Lipinski definition) is 5. The second kappa shape index (κ2) is 5.83. The Kier molecular flexibility index (Phi) is 4.16. The molecule has 0 saturated heterocycles. The molecule has 0 unspecified atom stereocenters. The summed E-state index contributed by atoms with van der Waals surface area (Å²) in [5, 5.41) is 9.62. The van der Waals surface area contributed by atoms with Crippen LogP contribution in [0.4, 0.5) is 5.69 Å². The first kappa shape index (κ1) is 13.5. The van der Waals surface area contributed by atoms with Gasteiger partial charge in [-0.1, -0.05) is 6.92 Å². The van der Waals surface area contributed by atoms with Crippen LogP contribution >= 0.6 is 0 Å². The second-order valence-corrected chi connectivity index (χ2v) is 6.24. The number of sulfone groups is 1. The summed E-state index contributed by atoms with van der Waals surface area (Å²) in [6, 6.07) is 6.74. The Balaban J connectivity index is 2.02. The van der Waals surface area contributed by atoms with Crippen molar-refractivity contribution in [3.8, 4) is 0 Å². The molecular formula is C12H16N4O2S. The normalized spacial score (nSPS) is 11.4. The molecule has 0 aliphatic heterocycles. The van der Waals surface area contributed by atoms with E-state index in [0.717, 1.165) is 11.5 Å². The van der Waals surface area contributed by atoms with Gasteiger partial charge in [0, 0.05) is 5.69 Å². The van der Waals surface area contributed by atoms with Gasteiger partial charge in [0.05, 0.1) is 17.2 Å². The molecule has 2 rings (SSSR count). The van der Waals surface area contributed by atoms with Crippen LogP contribution in [0.15, 0.2) is 35.5 Å². The molecule has 1 aromatic heterocycles. The van der Waals surface area contributed by atoms with Gasteiger partial charge >= 0.3 is 0 Å². The van der Waals surface area contributed by atoms with Crippen molar-refractivity contribution in [3.63, 3.8) is 0 Å². The lowest BCUT2D eigenvalue weighted by molar-refractivity contribution is 0.595. The molecule has 6 nitrogen and oxygen atoms in total. The molecule has 0 saturated carbocycles. The number of benzene rings is 1. The van der Waals surface area contributed by atoms with E-state index >= 15 is 0 Å². The smallest absolute Gasteiger partial charge is 0.178 e. The van der Waals surface area contributed by atoms with E-state index in [1.807, 2.05) is 6.92 Å². The predicted octanol–water partition coefficient (Wildman–Crippen LogP) is 1.60. The first-order valence-electron chi connectivity index (χ1n) is 6.03. The van der Waals surface area contributed by atoms with Gasteiger partial charge < -0.3 is 5.32 Å². The molecule has 7 heteroatoms. The highest BCUT2D eigenvalue weighted by molar-refractivity contribution is 7.91. The summed E-state index contributed by atoms with van der Waals surface area (Å²) in [5.41, 5.74) is 0.840. The summed E-state index contributed by atoms with van der Waals surface area (Å²) in [7, 11) is -3.14. The molecular weight excluding hydrogens is 264 g/mol. The van der Waals surface area contributed by atoms with E-state index in [9.17, 15) is 8.42 Å². The van der Waals surface area contributed by atoms with Crippen molar-refractivity contribution in [2.75, 3.05) is 11.1 Å². The Morgan fingerprint density at radius 2 is 2.00 bits per heavy atom. The molecule has 19 heavy (non-hydrogen) atoms. The third-order valence-corrected chi connectivity index (χ3v) is 4.55. The summed E-state index contributed by atoms with van der Waals surface area (Å²) in [5.74, 6) is 0.903. The highest BCUT2D eigenvalue weighted by atomic mass is 32.2.